The summed E-state index contributed by atoms with van der Waals surface area (Å²) in [6.45, 7) is 6.02. The van der Waals surface area contributed by atoms with Crippen molar-refractivity contribution >= 4 is 34.6 Å². The van der Waals surface area contributed by atoms with Crippen LogP contribution in [0.4, 0.5) is 5.69 Å². The summed E-state index contributed by atoms with van der Waals surface area (Å²) in [6.07, 6.45) is 9.28. The average molecular weight is 583 g/mol. The fourth-order valence-electron chi connectivity index (χ4n) is 7.03. The monoisotopic (exact) mass is 582 g/mol. The Morgan fingerprint density at radius 2 is 2.05 bits per heavy atom. The Bertz CT molecular complexity index is 1300. The van der Waals surface area contributed by atoms with E-state index in [1.54, 1.807) is 6.07 Å². The van der Waals surface area contributed by atoms with Gasteiger partial charge in [-0.1, -0.05) is 36.7 Å². The van der Waals surface area contributed by atoms with E-state index in [4.69, 9.17) is 16.3 Å². The predicted molar refractivity (Wildman–Crippen MR) is 160 cm³/mol. The first-order valence-electron chi connectivity index (χ1n) is 14.6. The molecule has 4 aliphatic rings. The van der Waals surface area contributed by atoms with Gasteiger partial charge in [0.15, 0.2) is 0 Å². The fourth-order valence-corrected chi connectivity index (χ4v) is 8.24. The van der Waals surface area contributed by atoms with E-state index in [0.717, 1.165) is 61.7 Å². The van der Waals surface area contributed by atoms with Crippen LogP contribution in [0, 0.1) is 17.8 Å². The Hall–Kier alpha value is -2.19. The van der Waals surface area contributed by atoms with Gasteiger partial charge in [0.2, 0.25) is 0 Å². The van der Waals surface area contributed by atoms with Crippen molar-refractivity contribution in [2.45, 2.75) is 69.1 Å². The second-order valence-electron chi connectivity index (χ2n) is 12.4. The maximum absolute atomic E-state index is 13.3. The van der Waals surface area contributed by atoms with E-state index in [2.05, 4.69) is 21.8 Å². The first-order chi connectivity index (χ1) is 19.2. The normalized spacial score (nSPS) is 34.9. The summed E-state index contributed by atoms with van der Waals surface area (Å²) < 4.78 is 22.3. The molecule has 40 heavy (non-hydrogen) atoms. The molecule has 2 heterocycles. The van der Waals surface area contributed by atoms with Crippen molar-refractivity contribution in [3.8, 4) is 5.75 Å². The fraction of sp³-hybridized carbons (Fsp3) is 0.531. The number of carbonyl (C=O) groups is 1. The molecule has 2 aromatic carbocycles. The number of benzene rings is 2. The number of hydrogen-bond donors (Lipinski definition) is 2. The predicted octanol–water partition coefficient (Wildman–Crippen LogP) is 5.58. The number of aliphatic hydroxyl groups is 1. The highest BCUT2D eigenvalue weighted by Gasteiger charge is 2.44. The summed E-state index contributed by atoms with van der Waals surface area (Å²) in [7, 11) is 0. The Morgan fingerprint density at radius 3 is 2.85 bits per heavy atom. The van der Waals surface area contributed by atoms with Gasteiger partial charge in [0.25, 0.3) is 5.91 Å². The zero-order valence-electron chi connectivity index (χ0n) is 23.3. The van der Waals surface area contributed by atoms with Crippen LogP contribution in [-0.2, 0) is 23.2 Å². The van der Waals surface area contributed by atoms with E-state index in [1.165, 1.54) is 11.1 Å². The molecule has 0 saturated heterocycles. The molecule has 1 fully saturated rings. The number of amides is 1. The van der Waals surface area contributed by atoms with Crippen LogP contribution in [0.5, 0.6) is 5.75 Å². The first kappa shape index (κ1) is 28.0. The molecule has 2 bridgehead atoms. The molecule has 2 aliphatic carbocycles. The molecule has 1 amide bonds. The zero-order valence-corrected chi connectivity index (χ0v) is 24.8. The quantitative estimate of drug-likeness (QED) is 0.313. The van der Waals surface area contributed by atoms with Gasteiger partial charge in [-0.15, -0.1) is 0 Å². The molecule has 2 N–H and O–H groups in total. The van der Waals surface area contributed by atoms with Crippen molar-refractivity contribution in [2.75, 3.05) is 24.6 Å². The highest BCUT2D eigenvalue weighted by Crippen LogP contribution is 2.46. The number of fused-ring (bicyclic) bond motifs is 4. The van der Waals surface area contributed by atoms with E-state index in [9.17, 15) is 14.5 Å². The number of carbonyl (C=O) groups excluding carboxylic acids is 1. The largest absolute Gasteiger partial charge is 0.593 e. The van der Waals surface area contributed by atoms with Gasteiger partial charge >= 0.3 is 0 Å². The van der Waals surface area contributed by atoms with E-state index in [0.29, 0.717) is 24.5 Å². The van der Waals surface area contributed by atoms with Crippen molar-refractivity contribution in [1.82, 2.24) is 4.72 Å². The van der Waals surface area contributed by atoms with Crippen molar-refractivity contribution in [3.05, 3.63) is 70.3 Å². The summed E-state index contributed by atoms with van der Waals surface area (Å²) in [5.74, 6) is 1.05. The Kier molecular flexibility index (Phi) is 7.85. The smallest absolute Gasteiger partial charge is 0.292 e. The molecule has 8 heteroatoms. The molecule has 0 aromatic heterocycles. The number of nitrogens with one attached hydrogen (secondary N) is 1. The average Bonchev–Trinajstić information content (AvgIpc) is 3.07. The second-order valence-corrected chi connectivity index (χ2v) is 14.3. The van der Waals surface area contributed by atoms with Crippen LogP contribution in [0.2, 0.25) is 5.02 Å². The molecule has 214 valence electrons. The lowest BCUT2D eigenvalue weighted by Gasteiger charge is -2.45. The molecule has 2 aliphatic heterocycles. The Balaban J connectivity index is 1.40. The molecule has 1 spiro atoms. The maximum atomic E-state index is 13.3. The van der Waals surface area contributed by atoms with Gasteiger partial charge < -0.3 is 19.3 Å². The zero-order chi connectivity index (χ0) is 28.0. The van der Waals surface area contributed by atoms with Gasteiger partial charge in [0.05, 0.1) is 29.8 Å². The van der Waals surface area contributed by atoms with Crippen LogP contribution < -0.4 is 14.4 Å². The lowest BCUT2D eigenvalue weighted by Crippen LogP contribution is -2.49. The molecule has 6 rings (SSSR count). The number of nitrogens with zero attached hydrogens (tertiary/aromatic N) is 1. The molecule has 6 unspecified atom stereocenters. The number of halogens is 1. The van der Waals surface area contributed by atoms with Crippen LogP contribution in [0.1, 0.15) is 67.4 Å². The second kappa shape index (κ2) is 11.2. The lowest BCUT2D eigenvalue weighted by atomic mass is 9.68. The Labute approximate surface area is 245 Å². The number of aryl methyl sites for hydroxylation is 1. The highest BCUT2D eigenvalue weighted by molar-refractivity contribution is 7.90. The summed E-state index contributed by atoms with van der Waals surface area (Å²) in [6, 6.07) is 11.8. The van der Waals surface area contributed by atoms with Crippen LogP contribution in [0.15, 0.2) is 48.6 Å². The topological polar surface area (TPSA) is 84.9 Å². The molecule has 0 radical (unpaired) electrons. The number of hydrogen-bond acceptors (Lipinski definition) is 5. The highest BCUT2D eigenvalue weighted by atomic mass is 35.5. The molecule has 2 aromatic rings. The SMILES string of the molecule is CC1C/C=C/C(O)C2CCC2CN2CC3(CCCc4cc(Cl)ccc43)COc3ccc(cc32)C(=O)N[S+]([O-])[C@H]1C. The van der Waals surface area contributed by atoms with Gasteiger partial charge in [-0.2, -0.15) is 4.72 Å². The molecular formula is C32H39ClN2O4S. The lowest BCUT2D eigenvalue weighted by molar-refractivity contribution is 0.0456. The number of anilines is 1. The van der Waals surface area contributed by atoms with Gasteiger partial charge in [-0.25, -0.2) is 0 Å². The maximum Gasteiger partial charge on any atom is 0.292 e. The number of allylic oxidation sites excluding steroid dienone is 1. The van der Waals surface area contributed by atoms with Crippen molar-refractivity contribution in [1.29, 1.82) is 0 Å². The van der Waals surface area contributed by atoms with E-state index in [1.807, 2.05) is 44.2 Å². The van der Waals surface area contributed by atoms with Gasteiger partial charge in [-0.05, 0) is 98.7 Å². The van der Waals surface area contributed by atoms with Crippen molar-refractivity contribution < 1.29 is 19.2 Å². The van der Waals surface area contributed by atoms with Gasteiger partial charge in [0.1, 0.15) is 11.0 Å². The van der Waals surface area contributed by atoms with Crippen LogP contribution >= 0.6 is 11.6 Å². The molecule has 1 saturated carbocycles. The Morgan fingerprint density at radius 1 is 1.20 bits per heavy atom. The van der Waals surface area contributed by atoms with E-state index < -0.39 is 17.5 Å². The molecule has 7 atom stereocenters. The number of ether oxygens (including phenoxy) is 1. The van der Waals surface area contributed by atoms with Crippen molar-refractivity contribution in [3.63, 3.8) is 0 Å². The van der Waals surface area contributed by atoms with E-state index >= 15 is 0 Å². The summed E-state index contributed by atoms with van der Waals surface area (Å²) in [4.78, 5) is 15.7. The third-order valence-electron chi connectivity index (χ3n) is 9.84. The summed E-state index contributed by atoms with van der Waals surface area (Å²) >= 11 is 4.86. The number of aliphatic hydroxyl groups excluding tert-OH is 1. The minimum atomic E-state index is -1.53. The van der Waals surface area contributed by atoms with Crippen LogP contribution in [0.25, 0.3) is 0 Å². The minimum absolute atomic E-state index is 0.0926. The number of rotatable bonds is 0. The molecule has 6 nitrogen and oxygen atoms in total. The summed E-state index contributed by atoms with van der Waals surface area (Å²) in [5, 5.41) is 11.6. The third-order valence-corrected chi connectivity index (χ3v) is 11.6. The standard InChI is InChI=1S/C32H39ClN2O4S/c1-20-5-3-7-29(36)26-11-8-24(26)17-35-18-32(14-4-6-22-15-25(33)10-12-27(22)32)19-39-30-13-9-23(16-28(30)35)31(37)34-40(38)21(20)2/h3,7,9-10,12-13,15-16,20-21,24,26,29,36H,4-6,8,11,14,17-19H2,1-2H3,(H,34,37)/b7-3+/t20?,21-,24?,26?,29?,32?,40?/m0/s1. The third kappa shape index (κ3) is 5.26. The van der Waals surface area contributed by atoms with Gasteiger partial charge in [-0.3, -0.25) is 4.79 Å². The van der Waals surface area contributed by atoms with Crippen LogP contribution in [0.3, 0.4) is 0 Å². The van der Waals surface area contributed by atoms with Gasteiger partial charge in [0, 0.05) is 35.0 Å². The van der Waals surface area contributed by atoms with E-state index in [-0.39, 0.29) is 28.4 Å². The van der Waals surface area contributed by atoms with Crippen LogP contribution in [-0.4, -0.2) is 46.6 Å². The summed E-state index contributed by atoms with van der Waals surface area (Å²) in [5.41, 5.74) is 3.75. The minimum Gasteiger partial charge on any atom is -0.593 e. The first-order valence-corrected chi connectivity index (χ1v) is 16.2. The molecular weight excluding hydrogens is 544 g/mol. The van der Waals surface area contributed by atoms with Crippen molar-refractivity contribution in [2.24, 2.45) is 17.8 Å².